The highest BCUT2D eigenvalue weighted by molar-refractivity contribution is 5.64. The summed E-state index contributed by atoms with van der Waals surface area (Å²) < 4.78 is 0. The average molecular weight is 288 g/mol. The van der Waals surface area contributed by atoms with E-state index in [0.29, 0.717) is 5.69 Å². The molecule has 0 aliphatic carbocycles. The third-order valence-corrected chi connectivity index (χ3v) is 3.51. The minimum atomic E-state index is 0.422. The maximum atomic E-state index is 10.7. The van der Waals surface area contributed by atoms with E-state index < -0.39 is 0 Å². The second-order valence-electron chi connectivity index (χ2n) is 5.31. The van der Waals surface area contributed by atoms with Crippen LogP contribution in [0.2, 0.25) is 0 Å². The number of aryl methyl sites for hydroxylation is 1. The number of benzene rings is 2. The molecule has 2 aromatic carbocycles. The van der Waals surface area contributed by atoms with Crippen molar-refractivity contribution in [1.29, 1.82) is 0 Å². The number of aromatic nitrogens is 1. The fourth-order valence-electron chi connectivity index (χ4n) is 2.54. The van der Waals surface area contributed by atoms with Gasteiger partial charge in [-0.1, -0.05) is 42.5 Å². The molecule has 0 aliphatic rings. The molecule has 0 N–H and O–H groups in total. The average Bonchev–Trinajstić information content (AvgIpc) is 2.55. The fourth-order valence-corrected chi connectivity index (χ4v) is 2.54. The quantitative estimate of drug-likeness (QED) is 0.631. The summed E-state index contributed by atoms with van der Waals surface area (Å²) in [4.78, 5) is 15.3. The Morgan fingerprint density at radius 1 is 0.909 bits per heavy atom. The number of nitrogens with zero attached hydrogens (tertiary/aromatic N) is 2. The summed E-state index contributed by atoms with van der Waals surface area (Å²) >= 11 is 0. The lowest BCUT2D eigenvalue weighted by Crippen LogP contribution is -1.94. The second kappa shape index (κ2) is 6.31. The normalized spacial score (nSPS) is 10.4. The van der Waals surface area contributed by atoms with Gasteiger partial charge in [0.15, 0.2) is 0 Å². The zero-order valence-electron chi connectivity index (χ0n) is 12.4. The number of nitroso groups, excluding NO2 is 1. The minimum Gasteiger partial charge on any atom is -0.253 e. The van der Waals surface area contributed by atoms with E-state index in [-0.39, 0.29) is 0 Å². The van der Waals surface area contributed by atoms with E-state index in [4.69, 9.17) is 0 Å². The lowest BCUT2D eigenvalue weighted by molar-refractivity contribution is 1.12. The molecular formula is C19H16N2O. The molecule has 0 saturated heterocycles. The summed E-state index contributed by atoms with van der Waals surface area (Å²) in [7, 11) is 0. The van der Waals surface area contributed by atoms with Crippen LogP contribution in [0, 0.1) is 11.8 Å². The van der Waals surface area contributed by atoms with Crippen molar-refractivity contribution in [2.24, 2.45) is 5.18 Å². The van der Waals surface area contributed by atoms with E-state index >= 15 is 0 Å². The van der Waals surface area contributed by atoms with Crippen molar-refractivity contribution in [2.75, 3.05) is 0 Å². The number of hydrogen-bond acceptors (Lipinski definition) is 3. The molecule has 0 fully saturated rings. The third kappa shape index (κ3) is 3.26. The minimum absolute atomic E-state index is 0.422. The van der Waals surface area contributed by atoms with E-state index in [0.717, 1.165) is 23.4 Å². The van der Waals surface area contributed by atoms with Crippen LogP contribution in [0.1, 0.15) is 16.8 Å². The Hall–Kier alpha value is -2.81. The summed E-state index contributed by atoms with van der Waals surface area (Å²) in [6.07, 6.45) is 0.864. The Bertz CT molecular complexity index is 798. The van der Waals surface area contributed by atoms with Gasteiger partial charge in [0.05, 0.1) is 5.69 Å². The zero-order chi connectivity index (χ0) is 15.4. The fraction of sp³-hybridized carbons (Fsp3) is 0.105. The summed E-state index contributed by atoms with van der Waals surface area (Å²) in [5.74, 6) is 0. The van der Waals surface area contributed by atoms with E-state index in [2.05, 4.69) is 34.4 Å². The van der Waals surface area contributed by atoms with Crippen LogP contribution < -0.4 is 0 Å². The molecule has 3 heteroatoms. The maximum absolute atomic E-state index is 10.7. The number of hydrogen-bond donors (Lipinski definition) is 0. The van der Waals surface area contributed by atoms with Crippen molar-refractivity contribution in [3.63, 3.8) is 0 Å². The van der Waals surface area contributed by atoms with Gasteiger partial charge in [0, 0.05) is 11.3 Å². The van der Waals surface area contributed by atoms with Gasteiger partial charge < -0.3 is 0 Å². The second-order valence-corrected chi connectivity index (χ2v) is 5.31. The van der Waals surface area contributed by atoms with Gasteiger partial charge in [-0.15, -0.1) is 4.91 Å². The van der Waals surface area contributed by atoms with Crippen LogP contribution in [0.15, 0.2) is 71.9 Å². The first-order valence-corrected chi connectivity index (χ1v) is 7.20. The van der Waals surface area contributed by atoms with E-state index in [9.17, 15) is 4.91 Å². The standard InChI is InChI=1S/C19H16N2O/c1-14-10-16(11-15-6-3-2-4-7-15)12-19(20-14)17-8-5-9-18(13-17)21-22/h2-10,12-13H,11H2,1H3. The molecule has 22 heavy (non-hydrogen) atoms. The molecular weight excluding hydrogens is 272 g/mol. The highest BCUT2D eigenvalue weighted by atomic mass is 16.3. The maximum Gasteiger partial charge on any atom is 0.108 e. The highest BCUT2D eigenvalue weighted by Crippen LogP contribution is 2.24. The molecule has 3 aromatic rings. The SMILES string of the molecule is Cc1cc(Cc2ccccc2)cc(-c2cccc(N=O)c2)n1. The van der Waals surface area contributed by atoms with Gasteiger partial charge in [-0.05, 0) is 53.9 Å². The van der Waals surface area contributed by atoms with Gasteiger partial charge in [0.25, 0.3) is 0 Å². The van der Waals surface area contributed by atoms with Crippen LogP contribution in [0.25, 0.3) is 11.3 Å². The first kappa shape index (κ1) is 14.1. The number of rotatable bonds is 4. The zero-order valence-corrected chi connectivity index (χ0v) is 12.4. The molecule has 0 atom stereocenters. The summed E-state index contributed by atoms with van der Waals surface area (Å²) in [6.45, 7) is 1.99. The van der Waals surface area contributed by atoms with Crippen LogP contribution in [0.5, 0.6) is 0 Å². The number of pyridine rings is 1. The Balaban J connectivity index is 1.97. The smallest absolute Gasteiger partial charge is 0.108 e. The highest BCUT2D eigenvalue weighted by Gasteiger charge is 2.05. The molecule has 0 spiro atoms. The molecule has 1 heterocycles. The lowest BCUT2D eigenvalue weighted by atomic mass is 10.0. The van der Waals surface area contributed by atoms with Crippen molar-refractivity contribution in [1.82, 2.24) is 4.98 Å². The van der Waals surface area contributed by atoms with E-state index in [1.807, 2.05) is 37.3 Å². The molecule has 0 unspecified atom stereocenters. The van der Waals surface area contributed by atoms with E-state index in [1.165, 1.54) is 11.1 Å². The largest absolute Gasteiger partial charge is 0.253 e. The van der Waals surface area contributed by atoms with Crippen LogP contribution in [-0.4, -0.2) is 4.98 Å². The molecule has 0 radical (unpaired) electrons. The molecule has 0 saturated carbocycles. The first-order valence-electron chi connectivity index (χ1n) is 7.20. The first-order chi connectivity index (χ1) is 10.7. The molecule has 0 amide bonds. The molecule has 3 rings (SSSR count). The third-order valence-electron chi connectivity index (χ3n) is 3.51. The predicted octanol–water partition coefficient (Wildman–Crippen LogP) is 5.05. The van der Waals surface area contributed by atoms with Crippen molar-refractivity contribution >= 4 is 5.69 Å². The van der Waals surface area contributed by atoms with Crippen LogP contribution >= 0.6 is 0 Å². The van der Waals surface area contributed by atoms with Gasteiger partial charge in [-0.25, -0.2) is 0 Å². The van der Waals surface area contributed by atoms with E-state index in [1.54, 1.807) is 12.1 Å². The van der Waals surface area contributed by atoms with Crippen molar-refractivity contribution < 1.29 is 0 Å². The van der Waals surface area contributed by atoms with Gasteiger partial charge in [0.1, 0.15) is 5.69 Å². The van der Waals surface area contributed by atoms with Gasteiger partial charge >= 0.3 is 0 Å². The van der Waals surface area contributed by atoms with Gasteiger partial charge in [-0.2, -0.15) is 0 Å². The molecule has 3 nitrogen and oxygen atoms in total. The topological polar surface area (TPSA) is 42.3 Å². The monoisotopic (exact) mass is 288 g/mol. The molecule has 0 bridgehead atoms. The Kier molecular flexibility index (Phi) is 4.05. The van der Waals surface area contributed by atoms with Crippen LogP contribution in [-0.2, 0) is 6.42 Å². The van der Waals surface area contributed by atoms with Crippen molar-refractivity contribution in [3.8, 4) is 11.3 Å². The lowest BCUT2D eigenvalue weighted by Gasteiger charge is -2.08. The van der Waals surface area contributed by atoms with Crippen LogP contribution in [0.4, 0.5) is 5.69 Å². The molecule has 0 aliphatic heterocycles. The van der Waals surface area contributed by atoms with Crippen LogP contribution in [0.3, 0.4) is 0 Å². The van der Waals surface area contributed by atoms with Gasteiger partial charge in [-0.3, -0.25) is 4.98 Å². The molecule has 1 aromatic heterocycles. The Labute approximate surface area is 129 Å². The van der Waals surface area contributed by atoms with Crippen molar-refractivity contribution in [3.05, 3.63) is 88.5 Å². The summed E-state index contributed by atoms with van der Waals surface area (Å²) in [5.41, 5.74) is 5.64. The van der Waals surface area contributed by atoms with Crippen molar-refractivity contribution in [2.45, 2.75) is 13.3 Å². The molecule has 108 valence electrons. The van der Waals surface area contributed by atoms with Gasteiger partial charge in [0.2, 0.25) is 0 Å². The predicted molar refractivity (Wildman–Crippen MR) is 89.1 cm³/mol. The summed E-state index contributed by atoms with van der Waals surface area (Å²) in [6, 6.07) is 21.7. The Morgan fingerprint density at radius 2 is 1.73 bits per heavy atom. The summed E-state index contributed by atoms with van der Waals surface area (Å²) in [5, 5.41) is 2.99. The Morgan fingerprint density at radius 3 is 2.50 bits per heavy atom.